The number of rotatable bonds is 10. The number of hydrogen-bond donors (Lipinski definition) is 3. The number of carbonyl (C=O) groups is 2. The van der Waals surface area contributed by atoms with Crippen molar-refractivity contribution in [2.75, 3.05) is 24.8 Å². The first-order valence-electron chi connectivity index (χ1n) is 13.3. The molecule has 1 aromatic carbocycles. The summed E-state index contributed by atoms with van der Waals surface area (Å²) in [6.45, 7) is 0. The molecule has 12 heteroatoms. The molecule has 3 aromatic rings. The van der Waals surface area contributed by atoms with Gasteiger partial charge in [0.25, 0.3) is 5.91 Å². The second-order valence-electron chi connectivity index (χ2n) is 10.5. The predicted octanol–water partition coefficient (Wildman–Crippen LogP) is 3.65. The smallest absolute Gasteiger partial charge is 0.273 e. The molecule has 0 spiro atoms. The summed E-state index contributed by atoms with van der Waals surface area (Å²) in [6, 6.07) is 9.13. The normalized spacial score (nSPS) is 17.0. The average Bonchev–Trinajstić information content (AvgIpc) is 3.77. The molecule has 3 saturated carbocycles. The van der Waals surface area contributed by atoms with Gasteiger partial charge in [-0.05, 0) is 56.7 Å². The molecule has 0 saturated heterocycles. The summed E-state index contributed by atoms with van der Waals surface area (Å²) < 4.78 is 21.8. The summed E-state index contributed by atoms with van der Waals surface area (Å²) in [6.07, 6.45) is 5.80. The lowest BCUT2D eigenvalue weighted by atomic mass is 10.1. The number of anilines is 3. The third-order valence-electron chi connectivity index (χ3n) is 7.59. The van der Waals surface area contributed by atoms with Crippen LogP contribution in [0.1, 0.15) is 49.0 Å². The number of nitrogens with one attached hydrogen (secondary N) is 3. The number of hydrogen-bond acceptors (Lipinski definition) is 8. The third-order valence-corrected chi connectivity index (χ3v) is 11.9. The third kappa shape index (κ3) is 4.80. The van der Waals surface area contributed by atoms with Gasteiger partial charge in [-0.3, -0.25) is 14.3 Å². The van der Waals surface area contributed by atoms with Crippen molar-refractivity contribution < 1.29 is 18.9 Å². The molecule has 2 amide bonds. The minimum absolute atomic E-state index is 0.00278. The Morgan fingerprint density at radius 1 is 1.03 bits per heavy atom. The number of para-hydroxylation sites is 1. The fourth-order valence-corrected chi connectivity index (χ4v) is 9.11. The summed E-state index contributed by atoms with van der Waals surface area (Å²) in [7, 11) is 2.43. The van der Waals surface area contributed by atoms with E-state index in [0.717, 1.165) is 49.5 Å². The molecule has 0 atom stereocenters. The molecule has 204 valence electrons. The minimum Gasteiger partial charge on any atom is -0.494 e. The lowest BCUT2D eigenvalue weighted by Crippen LogP contribution is -2.22. The van der Waals surface area contributed by atoms with Gasteiger partial charge in [-0.15, -0.1) is 10.2 Å². The zero-order valence-electron chi connectivity index (χ0n) is 22.2. The Hall–Kier alpha value is -3.72. The van der Waals surface area contributed by atoms with E-state index >= 15 is 0 Å². The van der Waals surface area contributed by atoms with E-state index in [1.807, 2.05) is 31.3 Å². The average molecular weight is 550 g/mol. The summed E-state index contributed by atoms with van der Waals surface area (Å²) in [5.41, 5.74) is 3.80. The molecule has 3 N–H and O–H groups in total. The highest BCUT2D eigenvalue weighted by molar-refractivity contribution is 7.73. The molecular weight excluding hydrogens is 517 g/mol. The number of ether oxygens (including phenoxy) is 1. The molecule has 0 unspecified atom stereocenters. The monoisotopic (exact) mass is 549 g/mol. The van der Waals surface area contributed by atoms with Crippen LogP contribution in [0.4, 0.5) is 17.2 Å². The number of carbonyl (C=O) groups excluding carboxylic acids is 2. The van der Waals surface area contributed by atoms with E-state index in [9.17, 15) is 14.2 Å². The first kappa shape index (κ1) is 25.6. The highest BCUT2D eigenvalue weighted by Gasteiger charge is 2.53. The van der Waals surface area contributed by atoms with E-state index in [1.165, 1.54) is 7.05 Å². The summed E-state index contributed by atoms with van der Waals surface area (Å²) in [5.74, 6) is 0.228. The maximum Gasteiger partial charge on any atom is 0.273 e. The fourth-order valence-electron chi connectivity index (χ4n) is 5.11. The van der Waals surface area contributed by atoms with Crippen LogP contribution in [0.3, 0.4) is 0 Å². The number of amides is 2. The zero-order valence-corrected chi connectivity index (χ0v) is 23.1. The topological polar surface area (TPSA) is 140 Å². The Morgan fingerprint density at radius 2 is 1.74 bits per heavy atom. The molecular formula is C27H32N7O4P. The SMILES string of the molecule is CNC(=O)c1nnc(NC(=O)C2CC2)cc1Nc1cccc(-c2cc(P(=O)(C3CC3)C3CC3)n(C)n2)c1OC. The van der Waals surface area contributed by atoms with Crippen molar-refractivity contribution in [3.05, 3.63) is 36.0 Å². The van der Waals surface area contributed by atoms with Crippen molar-refractivity contribution in [2.45, 2.75) is 49.8 Å². The van der Waals surface area contributed by atoms with E-state index in [4.69, 9.17) is 9.84 Å². The van der Waals surface area contributed by atoms with Crippen molar-refractivity contribution in [3.63, 3.8) is 0 Å². The zero-order chi connectivity index (χ0) is 27.3. The molecule has 6 rings (SSSR count). The molecule has 39 heavy (non-hydrogen) atoms. The number of methoxy groups -OCH3 is 1. The second kappa shape index (κ2) is 9.79. The summed E-state index contributed by atoms with van der Waals surface area (Å²) in [5, 5.41) is 21.5. The van der Waals surface area contributed by atoms with E-state index in [-0.39, 0.29) is 34.7 Å². The number of benzene rings is 1. The first-order chi connectivity index (χ1) is 18.8. The number of aryl methyl sites for hydroxylation is 1. The lowest BCUT2D eigenvalue weighted by Gasteiger charge is -2.17. The Bertz CT molecular complexity index is 1490. The van der Waals surface area contributed by atoms with E-state index in [0.29, 0.717) is 22.8 Å². The van der Waals surface area contributed by atoms with Gasteiger partial charge in [-0.1, -0.05) is 6.07 Å². The second-order valence-corrected chi connectivity index (χ2v) is 13.9. The van der Waals surface area contributed by atoms with Crippen LogP contribution in [-0.4, -0.2) is 57.3 Å². The van der Waals surface area contributed by atoms with Crippen molar-refractivity contribution in [1.82, 2.24) is 25.3 Å². The molecule has 2 aromatic heterocycles. The Labute approximate surface area is 226 Å². The van der Waals surface area contributed by atoms with E-state index in [1.54, 1.807) is 17.9 Å². The Morgan fingerprint density at radius 3 is 2.36 bits per heavy atom. The standard InChI is InChI=1S/C27H32N7O4P/c1-28-27(36)24-21(13-22(31-32-24)30-26(35)15-7-8-15)29-19-6-4-5-18(25(19)38-3)20-14-23(34(2)33-20)39(37,16-9-10-16)17-11-12-17/h4-6,13-17H,7-12H2,1-3H3,(H,28,36)(H2,29,30,31,35). The van der Waals surface area contributed by atoms with Crippen LogP contribution >= 0.6 is 7.14 Å². The molecule has 11 nitrogen and oxygen atoms in total. The van der Waals surface area contributed by atoms with Gasteiger partial charge in [0.05, 0.1) is 29.6 Å². The first-order valence-corrected chi connectivity index (χ1v) is 15.2. The van der Waals surface area contributed by atoms with Crippen LogP contribution in [-0.2, 0) is 16.4 Å². The van der Waals surface area contributed by atoms with Gasteiger partial charge in [0, 0.05) is 43.0 Å². The molecule has 0 radical (unpaired) electrons. The lowest BCUT2D eigenvalue weighted by molar-refractivity contribution is -0.117. The van der Waals surface area contributed by atoms with Crippen LogP contribution in [0.5, 0.6) is 5.75 Å². The number of nitrogens with zero attached hydrogens (tertiary/aromatic N) is 4. The molecule has 0 bridgehead atoms. The minimum atomic E-state index is -2.51. The van der Waals surface area contributed by atoms with Gasteiger partial charge in [-0.2, -0.15) is 5.10 Å². The van der Waals surface area contributed by atoms with Crippen molar-refractivity contribution in [3.8, 4) is 17.0 Å². The van der Waals surface area contributed by atoms with Gasteiger partial charge in [0.15, 0.2) is 17.3 Å². The van der Waals surface area contributed by atoms with E-state index in [2.05, 4.69) is 26.1 Å². The summed E-state index contributed by atoms with van der Waals surface area (Å²) >= 11 is 0. The van der Waals surface area contributed by atoms with Crippen LogP contribution in [0, 0.1) is 5.92 Å². The van der Waals surface area contributed by atoms with Crippen molar-refractivity contribution in [2.24, 2.45) is 13.0 Å². The quantitative estimate of drug-likeness (QED) is 0.326. The Balaban J connectivity index is 1.36. The highest BCUT2D eigenvalue weighted by Crippen LogP contribution is 2.69. The van der Waals surface area contributed by atoms with Crippen LogP contribution in [0.2, 0.25) is 0 Å². The molecule has 2 heterocycles. The van der Waals surface area contributed by atoms with Gasteiger partial charge < -0.3 is 25.3 Å². The molecule has 0 aliphatic heterocycles. The maximum atomic E-state index is 14.2. The predicted molar refractivity (Wildman–Crippen MR) is 149 cm³/mol. The van der Waals surface area contributed by atoms with Gasteiger partial charge in [0.1, 0.15) is 7.14 Å². The maximum absolute atomic E-state index is 14.2. The van der Waals surface area contributed by atoms with Gasteiger partial charge >= 0.3 is 0 Å². The van der Waals surface area contributed by atoms with Crippen LogP contribution in [0.15, 0.2) is 30.3 Å². The van der Waals surface area contributed by atoms with Gasteiger partial charge in [0.2, 0.25) is 5.91 Å². The van der Waals surface area contributed by atoms with Crippen molar-refractivity contribution in [1.29, 1.82) is 0 Å². The molecule has 3 fully saturated rings. The van der Waals surface area contributed by atoms with Crippen LogP contribution in [0.25, 0.3) is 11.3 Å². The van der Waals surface area contributed by atoms with E-state index < -0.39 is 13.0 Å². The highest BCUT2D eigenvalue weighted by atomic mass is 31.2. The van der Waals surface area contributed by atoms with Gasteiger partial charge in [-0.25, -0.2) is 0 Å². The molecule has 3 aliphatic rings. The summed E-state index contributed by atoms with van der Waals surface area (Å²) in [4.78, 5) is 24.8. The largest absolute Gasteiger partial charge is 0.494 e. The Kier molecular flexibility index (Phi) is 6.41. The van der Waals surface area contributed by atoms with Crippen molar-refractivity contribution >= 4 is 41.6 Å². The molecule has 3 aliphatic carbocycles. The number of aromatic nitrogens is 4. The fraction of sp³-hybridized carbons (Fsp3) is 0.444. The van der Waals surface area contributed by atoms with Crippen LogP contribution < -0.4 is 26.1 Å².